The van der Waals surface area contributed by atoms with E-state index >= 15 is 0 Å². The number of carbonyl (C=O) groups is 1. The molecule has 25 heavy (non-hydrogen) atoms. The Morgan fingerprint density at radius 1 is 1.28 bits per heavy atom. The lowest BCUT2D eigenvalue weighted by atomic mass is 10.0. The first-order valence-electron chi connectivity index (χ1n) is 9.80. The van der Waals surface area contributed by atoms with Crippen LogP contribution in [-0.2, 0) is 11.3 Å². The van der Waals surface area contributed by atoms with Crippen LogP contribution >= 0.6 is 0 Å². The zero-order chi connectivity index (χ0) is 17.6. The predicted molar refractivity (Wildman–Crippen MR) is 97.8 cm³/mol. The summed E-state index contributed by atoms with van der Waals surface area (Å²) in [6.07, 6.45) is 6.45. The maximum absolute atomic E-state index is 12.9. The molecule has 1 atom stereocenters. The monoisotopic (exact) mass is 348 g/mol. The van der Waals surface area contributed by atoms with E-state index in [1.165, 1.54) is 12.8 Å². The molecule has 0 radical (unpaired) electrons. The van der Waals surface area contributed by atoms with E-state index in [-0.39, 0.29) is 5.91 Å². The van der Waals surface area contributed by atoms with Crippen LogP contribution in [0.2, 0.25) is 0 Å². The molecule has 140 valence electrons. The summed E-state index contributed by atoms with van der Waals surface area (Å²) in [7, 11) is 0. The molecule has 3 heterocycles. The van der Waals surface area contributed by atoms with Crippen molar-refractivity contribution in [2.45, 2.75) is 46.1 Å². The maximum Gasteiger partial charge on any atom is 0.257 e. The zero-order valence-corrected chi connectivity index (χ0v) is 15.7. The highest BCUT2D eigenvalue weighted by Gasteiger charge is 2.25. The van der Waals surface area contributed by atoms with Gasteiger partial charge >= 0.3 is 0 Å². The summed E-state index contributed by atoms with van der Waals surface area (Å²) in [6, 6.07) is 0. The molecule has 2 saturated heterocycles. The van der Waals surface area contributed by atoms with Crippen molar-refractivity contribution < 1.29 is 9.53 Å². The van der Waals surface area contributed by atoms with Gasteiger partial charge in [-0.2, -0.15) is 5.10 Å². The second-order valence-electron chi connectivity index (χ2n) is 7.42. The van der Waals surface area contributed by atoms with Crippen LogP contribution in [-0.4, -0.2) is 71.4 Å². The molecule has 6 heteroatoms. The van der Waals surface area contributed by atoms with E-state index in [1.54, 1.807) is 0 Å². The van der Waals surface area contributed by atoms with Gasteiger partial charge in [-0.25, -0.2) is 0 Å². The lowest BCUT2D eigenvalue weighted by Crippen LogP contribution is -2.38. The van der Waals surface area contributed by atoms with Crippen molar-refractivity contribution >= 4 is 5.91 Å². The van der Waals surface area contributed by atoms with Crippen molar-refractivity contribution in [2.24, 2.45) is 5.92 Å². The zero-order valence-electron chi connectivity index (χ0n) is 15.7. The molecule has 2 fully saturated rings. The maximum atomic E-state index is 12.9. The van der Waals surface area contributed by atoms with Gasteiger partial charge in [0.15, 0.2) is 0 Å². The highest BCUT2D eigenvalue weighted by molar-refractivity contribution is 5.95. The summed E-state index contributed by atoms with van der Waals surface area (Å²) in [6.45, 7) is 11.5. The lowest BCUT2D eigenvalue weighted by Gasteiger charge is -2.28. The van der Waals surface area contributed by atoms with Crippen LogP contribution in [0.5, 0.6) is 0 Å². The average molecular weight is 348 g/mol. The van der Waals surface area contributed by atoms with E-state index < -0.39 is 0 Å². The molecule has 2 aliphatic heterocycles. The van der Waals surface area contributed by atoms with Gasteiger partial charge in [0.05, 0.1) is 17.9 Å². The number of hydrogen-bond acceptors (Lipinski definition) is 4. The molecule has 0 N–H and O–H groups in total. The molecular weight excluding hydrogens is 316 g/mol. The van der Waals surface area contributed by atoms with Crippen molar-refractivity contribution in [3.05, 3.63) is 17.5 Å². The van der Waals surface area contributed by atoms with Crippen molar-refractivity contribution in [2.75, 3.05) is 45.9 Å². The molecule has 2 aliphatic rings. The van der Waals surface area contributed by atoms with Crippen molar-refractivity contribution in [1.29, 1.82) is 0 Å². The molecule has 0 bridgehead atoms. The number of carbonyl (C=O) groups excluding carboxylic acids is 1. The molecule has 0 aromatic carbocycles. The summed E-state index contributed by atoms with van der Waals surface area (Å²) < 4.78 is 7.51. The summed E-state index contributed by atoms with van der Waals surface area (Å²) in [5.41, 5.74) is 1.61. The first-order valence-corrected chi connectivity index (χ1v) is 9.80. The van der Waals surface area contributed by atoms with Crippen molar-refractivity contribution in [3.63, 3.8) is 0 Å². The lowest BCUT2D eigenvalue weighted by molar-refractivity contribution is 0.0389. The second kappa shape index (κ2) is 8.81. The SMILES string of the molecule is CCCn1cc(C(=O)N2CCCN(CC3CCCOC3)CC2)c(C)n1. The van der Waals surface area contributed by atoms with Crippen LogP contribution in [0, 0.1) is 12.8 Å². The Morgan fingerprint density at radius 2 is 2.16 bits per heavy atom. The fraction of sp³-hybridized carbons (Fsp3) is 0.789. The molecule has 1 aromatic heterocycles. The molecule has 1 amide bonds. The van der Waals surface area contributed by atoms with Gasteiger partial charge < -0.3 is 14.5 Å². The molecule has 0 aliphatic carbocycles. The highest BCUT2D eigenvalue weighted by atomic mass is 16.5. The quantitative estimate of drug-likeness (QED) is 0.818. The Bertz CT molecular complexity index is 566. The van der Waals surface area contributed by atoms with Crippen molar-refractivity contribution in [3.8, 4) is 0 Å². The smallest absolute Gasteiger partial charge is 0.257 e. The van der Waals surface area contributed by atoms with Gasteiger partial charge in [0, 0.05) is 45.5 Å². The van der Waals surface area contributed by atoms with E-state index in [2.05, 4.69) is 16.9 Å². The largest absolute Gasteiger partial charge is 0.381 e. The van der Waals surface area contributed by atoms with Crippen LogP contribution in [0.4, 0.5) is 0 Å². The van der Waals surface area contributed by atoms with Gasteiger partial charge in [-0.3, -0.25) is 9.48 Å². The normalized spacial score (nSPS) is 22.8. The van der Waals surface area contributed by atoms with Gasteiger partial charge in [-0.15, -0.1) is 0 Å². The Kier molecular flexibility index (Phi) is 6.48. The van der Waals surface area contributed by atoms with Gasteiger partial charge in [-0.05, 0) is 45.1 Å². The first kappa shape index (κ1) is 18.4. The molecule has 1 unspecified atom stereocenters. The van der Waals surface area contributed by atoms with Gasteiger partial charge in [0.25, 0.3) is 5.91 Å². The minimum Gasteiger partial charge on any atom is -0.381 e. The van der Waals surface area contributed by atoms with Gasteiger partial charge in [-0.1, -0.05) is 6.92 Å². The third kappa shape index (κ3) is 4.82. The highest BCUT2D eigenvalue weighted by Crippen LogP contribution is 2.17. The Hall–Kier alpha value is -1.40. The molecule has 1 aromatic rings. The standard InChI is InChI=1S/C19H32N4O2/c1-3-7-23-14-18(16(2)20-23)19(24)22-9-5-8-21(10-11-22)13-17-6-4-12-25-15-17/h14,17H,3-13,15H2,1-2H3. The van der Waals surface area contributed by atoms with Crippen LogP contribution in [0.25, 0.3) is 0 Å². The number of amides is 1. The number of ether oxygens (including phenoxy) is 1. The summed E-state index contributed by atoms with van der Waals surface area (Å²) in [4.78, 5) is 17.4. The number of hydrogen-bond donors (Lipinski definition) is 0. The van der Waals surface area contributed by atoms with Crippen LogP contribution in [0.1, 0.15) is 48.7 Å². The van der Waals surface area contributed by atoms with Crippen LogP contribution in [0.15, 0.2) is 6.20 Å². The van der Waals surface area contributed by atoms with E-state index in [0.29, 0.717) is 5.92 Å². The summed E-state index contributed by atoms with van der Waals surface area (Å²) in [5, 5.41) is 4.48. The minimum atomic E-state index is 0.141. The number of rotatable bonds is 5. The van der Waals surface area contributed by atoms with Gasteiger partial charge in [0.1, 0.15) is 0 Å². The molecule has 0 spiro atoms. The third-order valence-electron chi connectivity index (χ3n) is 5.28. The Balaban J connectivity index is 1.55. The molecule has 3 rings (SSSR count). The van der Waals surface area contributed by atoms with Crippen LogP contribution in [0.3, 0.4) is 0 Å². The number of nitrogens with zero attached hydrogens (tertiary/aromatic N) is 4. The Morgan fingerprint density at radius 3 is 2.92 bits per heavy atom. The van der Waals surface area contributed by atoms with E-state index in [4.69, 9.17) is 4.74 Å². The molecular formula is C19H32N4O2. The fourth-order valence-electron chi connectivity index (χ4n) is 3.91. The van der Waals surface area contributed by atoms with Crippen molar-refractivity contribution in [1.82, 2.24) is 19.6 Å². The second-order valence-corrected chi connectivity index (χ2v) is 7.42. The van der Waals surface area contributed by atoms with E-state index in [1.807, 2.05) is 22.7 Å². The van der Waals surface area contributed by atoms with E-state index in [9.17, 15) is 4.79 Å². The van der Waals surface area contributed by atoms with Crippen LogP contribution < -0.4 is 0 Å². The van der Waals surface area contributed by atoms with Gasteiger partial charge in [0.2, 0.25) is 0 Å². The fourth-order valence-corrected chi connectivity index (χ4v) is 3.91. The summed E-state index contributed by atoms with van der Waals surface area (Å²) in [5.74, 6) is 0.799. The topological polar surface area (TPSA) is 50.6 Å². The Labute approximate surface area is 151 Å². The number of aromatic nitrogens is 2. The minimum absolute atomic E-state index is 0.141. The third-order valence-corrected chi connectivity index (χ3v) is 5.28. The van der Waals surface area contributed by atoms with E-state index in [0.717, 1.165) is 76.6 Å². The predicted octanol–water partition coefficient (Wildman–Crippen LogP) is 2.18. The summed E-state index contributed by atoms with van der Waals surface area (Å²) >= 11 is 0. The average Bonchev–Trinajstić information content (AvgIpc) is 2.83. The number of aryl methyl sites for hydroxylation is 2. The molecule has 0 saturated carbocycles. The molecule has 6 nitrogen and oxygen atoms in total. The first-order chi connectivity index (χ1) is 12.2.